The Hall–Kier alpha value is -3.91. The Morgan fingerprint density at radius 3 is 2.42 bits per heavy atom. The Balaban J connectivity index is 1.71. The standard InChI is InChI=1S/C22H18ClN3O5/c1-14-5-3-4-6-18(14)21(30-2)25-22(27)24-15-7-12-20(19(23)13-15)31-17-10-8-16(9-11-17)26(28)29/h3-13H,1-2H3,(H,24,27)/b25-21-. The summed E-state index contributed by atoms with van der Waals surface area (Å²) in [5.41, 5.74) is 2.00. The number of carbonyl (C=O) groups is 1. The van der Waals surface area contributed by atoms with Crippen LogP contribution in [0.3, 0.4) is 0 Å². The van der Waals surface area contributed by atoms with Crippen molar-refractivity contribution in [2.24, 2.45) is 4.99 Å². The number of benzene rings is 3. The zero-order valence-electron chi connectivity index (χ0n) is 16.7. The van der Waals surface area contributed by atoms with Crippen molar-refractivity contribution in [3.63, 3.8) is 0 Å². The lowest BCUT2D eigenvalue weighted by atomic mass is 10.1. The average Bonchev–Trinajstić information content (AvgIpc) is 2.75. The molecule has 0 aromatic heterocycles. The fraction of sp³-hybridized carbons (Fsp3) is 0.0909. The minimum atomic E-state index is -0.625. The summed E-state index contributed by atoms with van der Waals surface area (Å²) in [4.78, 5) is 26.5. The first-order valence-corrected chi connectivity index (χ1v) is 9.46. The van der Waals surface area contributed by atoms with Crippen LogP contribution in [0.5, 0.6) is 11.5 Å². The zero-order chi connectivity index (χ0) is 22.4. The van der Waals surface area contributed by atoms with Crippen molar-refractivity contribution in [3.8, 4) is 11.5 Å². The van der Waals surface area contributed by atoms with E-state index in [0.717, 1.165) is 5.56 Å². The predicted molar refractivity (Wildman–Crippen MR) is 118 cm³/mol. The lowest BCUT2D eigenvalue weighted by Gasteiger charge is -2.10. The van der Waals surface area contributed by atoms with Crippen molar-refractivity contribution in [1.29, 1.82) is 0 Å². The Morgan fingerprint density at radius 1 is 1.10 bits per heavy atom. The smallest absolute Gasteiger partial charge is 0.348 e. The molecule has 1 N–H and O–H groups in total. The first-order chi connectivity index (χ1) is 14.9. The molecule has 0 saturated heterocycles. The molecule has 3 aromatic carbocycles. The molecular weight excluding hydrogens is 422 g/mol. The number of rotatable bonds is 5. The summed E-state index contributed by atoms with van der Waals surface area (Å²) in [6.45, 7) is 1.89. The zero-order valence-corrected chi connectivity index (χ0v) is 17.4. The van der Waals surface area contributed by atoms with Crippen LogP contribution in [-0.2, 0) is 4.74 Å². The number of methoxy groups -OCH3 is 1. The molecule has 0 radical (unpaired) electrons. The van der Waals surface area contributed by atoms with E-state index in [0.29, 0.717) is 22.7 Å². The summed E-state index contributed by atoms with van der Waals surface area (Å²) in [6, 6.07) is 17.1. The summed E-state index contributed by atoms with van der Waals surface area (Å²) in [5.74, 6) is 0.909. The van der Waals surface area contributed by atoms with Gasteiger partial charge in [0.1, 0.15) is 11.5 Å². The number of hydrogen-bond donors (Lipinski definition) is 1. The maximum Gasteiger partial charge on any atom is 0.348 e. The van der Waals surface area contributed by atoms with Gasteiger partial charge >= 0.3 is 6.03 Å². The number of halogens is 1. The van der Waals surface area contributed by atoms with E-state index in [9.17, 15) is 14.9 Å². The van der Waals surface area contributed by atoms with Crippen LogP contribution in [0.15, 0.2) is 71.7 Å². The molecule has 8 nitrogen and oxygen atoms in total. The van der Waals surface area contributed by atoms with Crippen LogP contribution in [0.4, 0.5) is 16.2 Å². The Bertz CT molecular complexity index is 1150. The van der Waals surface area contributed by atoms with Crippen molar-refractivity contribution in [2.45, 2.75) is 6.92 Å². The van der Waals surface area contributed by atoms with E-state index in [1.54, 1.807) is 12.1 Å². The maximum atomic E-state index is 12.3. The number of hydrogen-bond acceptors (Lipinski definition) is 5. The van der Waals surface area contributed by atoms with E-state index in [1.165, 1.54) is 37.4 Å². The van der Waals surface area contributed by atoms with E-state index in [-0.39, 0.29) is 16.6 Å². The van der Waals surface area contributed by atoms with Crippen molar-refractivity contribution >= 4 is 34.9 Å². The summed E-state index contributed by atoms with van der Waals surface area (Å²) in [7, 11) is 1.44. The van der Waals surface area contributed by atoms with E-state index >= 15 is 0 Å². The van der Waals surface area contributed by atoms with Gasteiger partial charge in [0.15, 0.2) is 0 Å². The molecule has 0 aliphatic rings. The van der Waals surface area contributed by atoms with Gasteiger partial charge in [0.2, 0.25) is 5.90 Å². The van der Waals surface area contributed by atoms with Crippen LogP contribution in [-0.4, -0.2) is 24.0 Å². The lowest BCUT2D eigenvalue weighted by molar-refractivity contribution is -0.384. The highest BCUT2D eigenvalue weighted by Crippen LogP contribution is 2.32. The van der Waals surface area contributed by atoms with Gasteiger partial charge in [-0.15, -0.1) is 0 Å². The molecule has 0 heterocycles. The summed E-state index contributed by atoms with van der Waals surface area (Å²) in [5, 5.41) is 13.6. The molecule has 0 fully saturated rings. The molecule has 0 spiro atoms. The molecule has 0 bridgehead atoms. The van der Waals surface area contributed by atoms with Gasteiger partial charge in [-0.05, 0) is 48.9 Å². The highest BCUT2D eigenvalue weighted by molar-refractivity contribution is 6.32. The topological polar surface area (TPSA) is 103 Å². The second-order valence-electron chi connectivity index (χ2n) is 6.36. The maximum absolute atomic E-state index is 12.3. The second-order valence-corrected chi connectivity index (χ2v) is 6.77. The molecule has 3 rings (SSSR count). The third-order valence-corrected chi connectivity index (χ3v) is 4.53. The fourth-order valence-corrected chi connectivity index (χ4v) is 2.92. The Labute approximate surface area is 183 Å². The number of amides is 2. The lowest BCUT2D eigenvalue weighted by Crippen LogP contribution is -2.13. The number of aryl methyl sites for hydroxylation is 1. The van der Waals surface area contributed by atoms with Crippen molar-refractivity contribution in [2.75, 3.05) is 12.4 Å². The van der Waals surface area contributed by atoms with Crippen molar-refractivity contribution < 1.29 is 19.2 Å². The molecule has 2 amide bonds. The highest BCUT2D eigenvalue weighted by Gasteiger charge is 2.12. The molecule has 0 atom stereocenters. The third-order valence-electron chi connectivity index (χ3n) is 4.23. The van der Waals surface area contributed by atoms with Crippen LogP contribution < -0.4 is 10.1 Å². The molecular formula is C22H18ClN3O5. The van der Waals surface area contributed by atoms with E-state index < -0.39 is 11.0 Å². The SMILES string of the molecule is CO/C(=N\C(=O)Nc1ccc(Oc2ccc([N+](=O)[O-])cc2)c(Cl)c1)c1ccccc1C. The average molecular weight is 440 g/mol. The van der Waals surface area contributed by atoms with Crippen LogP contribution >= 0.6 is 11.6 Å². The predicted octanol–water partition coefficient (Wildman–Crippen LogP) is 5.97. The first kappa shape index (κ1) is 21.8. The number of anilines is 1. The van der Waals surface area contributed by atoms with Gasteiger partial charge in [0, 0.05) is 23.4 Å². The normalized spacial score (nSPS) is 11.0. The highest BCUT2D eigenvalue weighted by atomic mass is 35.5. The van der Waals surface area contributed by atoms with Gasteiger partial charge in [0.05, 0.1) is 17.1 Å². The minimum absolute atomic E-state index is 0.0433. The summed E-state index contributed by atoms with van der Waals surface area (Å²) >= 11 is 6.25. The van der Waals surface area contributed by atoms with Gasteiger partial charge in [-0.2, -0.15) is 4.99 Å². The molecule has 0 aliphatic heterocycles. The number of carbonyl (C=O) groups excluding carboxylic acids is 1. The van der Waals surface area contributed by atoms with Gasteiger partial charge in [0.25, 0.3) is 5.69 Å². The van der Waals surface area contributed by atoms with Crippen LogP contribution in [0.25, 0.3) is 0 Å². The third kappa shape index (κ3) is 5.58. The van der Waals surface area contributed by atoms with Crippen LogP contribution in [0.1, 0.15) is 11.1 Å². The van der Waals surface area contributed by atoms with Gasteiger partial charge < -0.3 is 14.8 Å². The first-order valence-electron chi connectivity index (χ1n) is 9.09. The number of nitrogens with zero attached hydrogens (tertiary/aromatic N) is 2. The number of nitro groups is 1. The number of nitrogens with one attached hydrogen (secondary N) is 1. The fourth-order valence-electron chi connectivity index (χ4n) is 2.70. The minimum Gasteiger partial charge on any atom is -0.480 e. The van der Waals surface area contributed by atoms with E-state index in [4.69, 9.17) is 21.1 Å². The molecule has 3 aromatic rings. The second kappa shape index (κ2) is 9.73. The van der Waals surface area contributed by atoms with E-state index in [1.807, 2.05) is 31.2 Å². The summed E-state index contributed by atoms with van der Waals surface area (Å²) in [6.07, 6.45) is 0. The molecule has 31 heavy (non-hydrogen) atoms. The summed E-state index contributed by atoms with van der Waals surface area (Å²) < 4.78 is 10.9. The largest absolute Gasteiger partial charge is 0.480 e. The van der Waals surface area contributed by atoms with Gasteiger partial charge in [-0.3, -0.25) is 10.1 Å². The van der Waals surface area contributed by atoms with Gasteiger partial charge in [-0.1, -0.05) is 29.8 Å². The number of urea groups is 1. The Kier molecular flexibility index (Phi) is 6.84. The number of non-ortho nitro benzene ring substituents is 1. The molecule has 158 valence electrons. The number of nitro benzene ring substituents is 1. The molecule has 9 heteroatoms. The van der Waals surface area contributed by atoms with Gasteiger partial charge in [-0.25, -0.2) is 4.79 Å². The van der Waals surface area contributed by atoms with Crippen LogP contribution in [0.2, 0.25) is 5.02 Å². The molecule has 0 aliphatic carbocycles. The molecule has 0 saturated carbocycles. The number of ether oxygens (including phenoxy) is 2. The number of aliphatic imine (C=N–C) groups is 1. The van der Waals surface area contributed by atoms with Crippen LogP contribution in [0, 0.1) is 17.0 Å². The van der Waals surface area contributed by atoms with E-state index in [2.05, 4.69) is 10.3 Å². The van der Waals surface area contributed by atoms with Crippen molar-refractivity contribution in [1.82, 2.24) is 0 Å². The quantitative estimate of drug-likeness (QED) is 0.228. The molecule has 0 unspecified atom stereocenters. The monoisotopic (exact) mass is 439 g/mol. The van der Waals surface area contributed by atoms with Crippen molar-refractivity contribution in [3.05, 3.63) is 93.0 Å². The Morgan fingerprint density at radius 2 is 1.81 bits per heavy atom.